The first-order valence-corrected chi connectivity index (χ1v) is 6.60. The molecule has 100 valence electrons. The lowest BCUT2D eigenvalue weighted by atomic mass is 9.86. The van der Waals surface area contributed by atoms with Crippen LogP contribution in [0.25, 0.3) is 0 Å². The van der Waals surface area contributed by atoms with E-state index in [0.717, 1.165) is 30.5 Å². The van der Waals surface area contributed by atoms with Gasteiger partial charge in [-0.15, -0.1) is 0 Å². The summed E-state index contributed by atoms with van der Waals surface area (Å²) in [6, 6.07) is 1.76. The number of carboxylic acid groups (broad SMARTS) is 1. The lowest BCUT2D eigenvalue weighted by Crippen LogP contribution is -2.34. The molecule has 0 atom stereocenters. The molecular weight excluding hydrogens is 230 g/mol. The maximum atomic E-state index is 11.0. The summed E-state index contributed by atoms with van der Waals surface area (Å²) in [7, 11) is 0. The molecule has 0 amide bonds. The third-order valence-corrected chi connectivity index (χ3v) is 3.91. The zero-order valence-corrected chi connectivity index (χ0v) is 11.1. The summed E-state index contributed by atoms with van der Waals surface area (Å²) < 4.78 is 5.00. The van der Waals surface area contributed by atoms with E-state index in [1.807, 2.05) is 0 Å². The van der Waals surface area contributed by atoms with Crippen LogP contribution in [0.5, 0.6) is 0 Å². The van der Waals surface area contributed by atoms with Crippen molar-refractivity contribution in [3.05, 3.63) is 23.7 Å². The van der Waals surface area contributed by atoms with Gasteiger partial charge in [-0.1, -0.05) is 13.8 Å². The van der Waals surface area contributed by atoms with E-state index in [4.69, 9.17) is 9.52 Å². The average Bonchev–Trinajstić information content (AvgIpc) is 2.78. The SMILES string of the molecule is CC(C)C1CCN(Cc2ccoc2C(=O)O)CC1. The van der Waals surface area contributed by atoms with Crippen LogP contribution in [0, 0.1) is 11.8 Å². The fourth-order valence-electron chi connectivity index (χ4n) is 2.67. The van der Waals surface area contributed by atoms with E-state index in [9.17, 15) is 4.79 Å². The molecule has 1 saturated heterocycles. The molecule has 0 radical (unpaired) electrons. The van der Waals surface area contributed by atoms with E-state index in [0.29, 0.717) is 6.54 Å². The van der Waals surface area contributed by atoms with Crippen LogP contribution in [0.2, 0.25) is 0 Å². The van der Waals surface area contributed by atoms with Crippen molar-refractivity contribution < 1.29 is 14.3 Å². The minimum atomic E-state index is -0.980. The zero-order valence-electron chi connectivity index (χ0n) is 11.1. The lowest BCUT2D eigenvalue weighted by Gasteiger charge is -2.33. The molecule has 0 bridgehead atoms. The zero-order chi connectivity index (χ0) is 13.1. The predicted octanol–water partition coefficient (Wildman–Crippen LogP) is 2.85. The fraction of sp³-hybridized carbons (Fsp3) is 0.643. The number of hydrogen-bond acceptors (Lipinski definition) is 3. The van der Waals surface area contributed by atoms with Gasteiger partial charge in [0.15, 0.2) is 0 Å². The molecule has 4 nitrogen and oxygen atoms in total. The third-order valence-electron chi connectivity index (χ3n) is 3.91. The van der Waals surface area contributed by atoms with Crippen LogP contribution in [0.3, 0.4) is 0 Å². The van der Waals surface area contributed by atoms with Gasteiger partial charge in [0.1, 0.15) is 0 Å². The second-order valence-electron chi connectivity index (χ2n) is 5.44. The molecule has 1 N–H and O–H groups in total. The van der Waals surface area contributed by atoms with Gasteiger partial charge in [0.05, 0.1) is 6.26 Å². The second-order valence-corrected chi connectivity index (χ2v) is 5.44. The Hall–Kier alpha value is -1.29. The Balaban J connectivity index is 1.91. The van der Waals surface area contributed by atoms with E-state index >= 15 is 0 Å². The first-order chi connectivity index (χ1) is 8.58. The van der Waals surface area contributed by atoms with Crippen molar-refractivity contribution in [3.8, 4) is 0 Å². The van der Waals surface area contributed by atoms with Crippen molar-refractivity contribution in [2.75, 3.05) is 13.1 Å². The van der Waals surface area contributed by atoms with E-state index < -0.39 is 5.97 Å². The van der Waals surface area contributed by atoms with Gasteiger partial charge in [-0.25, -0.2) is 4.79 Å². The summed E-state index contributed by atoms with van der Waals surface area (Å²) in [5.74, 6) is 0.660. The summed E-state index contributed by atoms with van der Waals surface area (Å²) in [5, 5.41) is 8.99. The van der Waals surface area contributed by atoms with Crippen LogP contribution in [-0.4, -0.2) is 29.1 Å². The third kappa shape index (κ3) is 2.93. The molecule has 4 heteroatoms. The molecule has 2 heterocycles. The molecule has 0 aromatic carbocycles. The maximum absolute atomic E-state index is 11.0. The van der Waals surface area contributed by atoms with Crippen LogP contribution >= 0.6 is 0 Å². The Morgan fingerprint density at radius 3 is 2.72 bits per heavy atom. The normalized spacial score (nSPS) is 18.4. The molecule has 0 spiro atoms. The molecule has 0 unspecified atom stereocenters. The van der Waals surface area contributed by atoms with Crippen LogP contribution in [0.15, 0.2) is 16.7 Å². The lowest BCUT2D eigenvalue weighted by molar-refractivity contribution is 0.0657. The number of furan rings is 1. The molecule has 1 aliphatic rings. The van der Waals surface area contributed by atoms with Crippen LogP contribution in [0.4, 0.5) is 0 Å². The summed E-state index contributed by atoms with van der Waals surface area (Å²) in [5.41, 5.74) is 0.783. The summed E-state index contributed by atoms with van der Waals surface area (Å²) in [6.07, 6.45) is 3.87. The van der Waals surface area contributed by atoms with E-state index in [2.05, 4.69) is 18.7 Å². The minimum Gasteiger partial charge on any atom is -0.475 e. The summed E-state index contributed by atoms with van der Waals surface area (Å²) >= 11 is 0. The van der Waals surface area contributed by atoms with Gasteiger partial charge in [0.25, 0.3) is 0 Å². The van der Waals surface area contributed by atoms with Gasteiger partial charge in [0.2, 0.25) is 5.76 Å². The Morgan fingerprint density at radius 2 is 2.17 bits per heavy atom. The molecule has 0 aliphatic carbocycles. The molecule has 0 saturated carbocycles. The van der Waals surface area contributed by atoms with Crippen molar-refractivity contribution in [2.45, 2.75) is 33.2 Å². The van der Waals surface area contributed by atoms with Crippen LogP contribution in [-0.2, 0) is 6.54 Å². The molecule has 2 rings (SSSR count). The average molecular weight is 251 g/mol. The van der Waals surface area contributed by atoms with E-state index in [1.54, 1.807) is 6.07 Å². The quantitative estimate of drug-likeness (QED) is 0.894. The highest BCUT2D eigenvalue weighted by Gasteiger charge is 2.23. The van der Waals surface area contributed by atoms with Crippen molar-refractivity contribution in [1.29, 1.82) is 0 Å². The largest absolute Gasteiger partial charge is 0.475 e. The number of hydrogen-bond donors (Lipinski definition) is 1. The molecule has 1 aromatic rings. The highest BCUT2D eigenvalue weighted by molar-refractivity contribution is 5.86. The fourth-order valence-corrected chi connectivity index (χ4v) is 2.67. The number of carboxylic acids is 1. The first-order valence-electron chi connectivity index (χ1n) is 6.60. The van der Waals surface area contributed by atoms with Gasteiger partial charge >= 0.3 is 5.97 Å². The Labute approximate surface area is 108 Å². The van der Waals surface area contributed by atoms with E-state index in [1.165, 1.54) is 19.1 Å². The number of piperidine rings is 1. The van der Waals surface area contributed by atoms with E-state index in [-0.39, 0.29) is 5.76 Å². The topological polar surface area (TPSA) is 53.7 Å². The molecule has 1 aliphatic heterocycles. The van der Waals surface area contributed by atoms with Gasteiger partial charge in [-0.05, 0) is 43.8 Å². The van der Waals surface area contributed by atoms with Crippen LogP contribution in [0.1, 0.15) is 42.8 Å². The van der Waals surface area contributed by atoms with Gasteiger partial charge in [0, 0.05) is 12.1 Å². The Bertz CT molecular complexity index is 403. The smallest absolute Gasteiger partial charge is 0.372 e. The minimum absolute atomic E-state index is 0.0842. The standard InChI is InChI=1S/C14H21NO3/c1-10(2)11-3-6-15(7-4-11)9-12-5-8-18-13(12)14(16)17/h5,8,10-11H,3-4,6-7,9H2,1-2H3,(H,16,17). The van der Waals surface area contributed by atoms with Gasteiger partial charge < -0.3 is 9.52 Å². The molecule has 1 aromatic heterocycles. The number of likely N-dealkylation sites (tertiary alicyclic amines) is 1. The predicted molar refractivity (Wildman–Crippen MR) is 68.5 cm³/mol. The molecular formula is C14H21NO3. The van der Waals surface area contributed by atoms with Crippen molar-refractivity contribution in [1.82, 2.24) is 4.90 Å². The molecule has 1 fully saturated rings. The monoisotopic (exact) mass is 251 g/mol. The number of carbonyl (C=O) groups is 1. The highest BCUT2D eigenvalue weighted by Crippen LogP contribution is 2.25. The number of nitrogens with zero attached hydrogens (tertiary/aromatic N) is 1. The first kappa shape index (κ1) is 13.1. The second kappa shape index (κ2) is 5.57. The number of aromatic carboxylic acids is 1. The van der Waals surface area contributed by atoms with Gasteiger partial charge in [-0.2, -0.15) is 0 Å². The molecule has 18 heavy (non-hydrogen) atoms. The Morgan fingerprint density at radius 1 is 1.50 bits per heavy atom. The van der Waals surface area contributed by atoms with Gasteiger partial charge in [-0.3, -0.25) is 4.90 Å². The van der Waals surface area contributed by atoms with Crippen molar-refractivity contribution in [2.24, 2.45) is 11.8 Å². The number of rotatable bonds is 4. The van der Waals surface area contributed by atoms with Crippen molar-refractivity contribution >= 4 is 5.97 Å². The van der Waals surface area contributed by atoms with Crippen molar-refractivity contribution in [3.63, 3.8) is 0 Å². The van der Waals surface area contributed by atoms with Crippen LogP contribution < -0.4 is 0 Å². The highest BCUT2D eigenvalue weighted by atomic mass is 16.4. The summed E-state index contributed by atoms with van der Waals surface area (Å²) in [4.78, 5) is 13.3. The maximum Gasteiger partial charge on any atom is 0.372 e. The summed E-state index contributed by atoms with van der Waals surface area (Å²) in [6.45, 7) is 7.33. The Kier molecular flexibility index (Phi) is 4.07.